The number of carbonyl (C=O) groups is 2. The summed E-state index contributed by atoms with van der Waals surface area (Å²) >= 11 is 0. The van der Waals surface area contributed by atoms with E-state index in [4.69, 9.17) is 9.47 Å². The van der Waals surface area contributed by atoms with Gasteiger partial charge in [-0.05, 0) is 30.5 Å². The topological polar surface area (TPSA) is 122 Å². The number of hydrogen-bond donors (Lipinski definition) is 2. The predicted molar refractivity (Wildman–Crippen MR) is 116 cm³/mol. The third kappa shape index (κ3) is 5.03. The molecule has 2 atom stereocenters. The van der Waals surface area contributed by atoms with Crippen LogP contribution in [0.15, 0.2) is 53.4 Å². The van der Waals surface area contributed by atoms with Gasteiger partial charge in [-0.1, -0.05) is 30.3 Å². The highest BCUT2D eigenvalue weighted by Gasteiger charge is 2.40. The Bertz CT molecular complexity index is 1070. The van der Waals surface area contributed by atoms with Crippen LogP contribution in [-0.2, 0) is 26.0 Å². The summed E-state index contributed by atoms with van der Waals surface area (Å²) in [5.74, 6) is -1.18. The van der Waals surface area contributed by atoms with Crippen LogP contribution in [0.2, 0.25) is 0 Å². The molecule has 9 nitrogen and oxygen atoms in total. The van der Waals surface area contributed by atoms with Gasteiger partial charge in [0.1, 0.15) is 12.1 Å². The maximum absolute atomic E-state index is 13.3. The summed E-state index contributed by atoms with van der Waals surface area (Å²) in [5, 5.41) is 12.1. The number of carboxylic acids is 1. The lowest BCUT2D eigenvalue weighted by atomic mass is 10.1. The van der Waals surface area contributed by atoms with Crippen LogP contribution in [0.1, 0.15) is 18.4 Å². The van der Waals surface area contributed by atoms with Gasteiger partial charge in [-0.25, -0.2) is 13.2 Å². The number of aliphatic carboxylic acids is 1. The van der Waals surface area contributed by atoms with Gasteiger partial charge in [0, 0.05) is 19.0 Å². The molecule has 1 aliphatic heterocycles. The maximum Gasteiger partial charge on any atom is 0.326 e. The number of carboxylic acid groups (broad SMARTS) is 1. The van der Waals surface area contributed by atoms with Crippen LogP contribution < -0.4 is 14.8 Å². The Hall–Kier alpha value is -3.11. The number of ether oxygens (including phenoxy) is 2. The van der Waals surface area contributed by atoms with Crippen molar-refractivity contribution in [3.63, 3.8) is 0 Å². The second-order valence-corrected chi connectivity index (χ2v) is 9.27. The molecule has 0 aromatic heterocycles. The fourth-order valence-electron chi connectivity index (χ4n) is 3.72. The molecule has 0 aliphatic carbocycles. The number of nitrogens with zero attached hydrogens (tertiary/aromatic N) is 1. The molecule has 0 spiro atoms. The molecule has 0 radical (unpaired) electrons. The number of carbonyl (C=O) groups excluding carboxylic acids is 1. The minimum Gasteiger partial charge on any atom is -0.493 e. The molecule has 1 heterocycles. The zero-order valence-corrected chi connectivity index (χ0v) is 18.7. The number of amides is 1. The van der Waals surface area contributed by atoms with Crippen molar-refractivity contribution in [3.05, 3.63) is 54.1 Å². The lowest BCUT2D eigenvalue weighted by molar-refractivity contribution is -0.142. The molecule has 1 aliphatic rings. The first-order chi connectivity index (χ1) is 15.3. The Morgan fingerprint density at radius 1 is 1.12 bits per heavy atom. The van der Waals surface area contributed by atoms with Crippen molar-refractivity contribution in [1.82, 2.24) is 9.62 Å². The second-order valence-electron chi connectivity index (χ2n) is 7.38. The molecule has 2 N–H and O–H groups in total. The number of sulfonamides is 1. The average Bonchev–Trinajstić information content (AvgIpc) is 3.30. The van der Waals surface area contributed by atoms with Crippen molar-refractivity contribution in [1.29, 1.82) is 0 Å². The van der Waals surface area contributed by atoms with Gasteiger partial charge in [0.05, 0.1) is 19.1 Å². The summed E-state index contributed by atoms with van der Waals surface area (Å²) in [6.07, 6.45) is 0.883. The summed E-state index contributed by atoms with van der Waals surface area (Å²) in [5.41, 5.74) is 0.751. The smallest absolute Gasteiger partial charge is 0.326 e. The first-order valence-electron chi connectivity index (χ1n) is 10.1. The molecule has 1 amide bonds. The molecule has 2 aromatic carbocycles. The predicted octanol–water partition coefficient (Wildman–Crippen LogP) is 1.67. The summed E-state index contributed by atoms with van der Waals surface area (Å²) in [4.78, 5) is 24.6. The van der Waals surface area contributed by atoms with Gasteiger partial charge < -0.3 is 19.9 Å². The van der Waals surface area contributed by atoms with Crippen LogP contribution in [-0.4, -0.2) is 62.6 Å². The molecule has 2 aromatic rings. The van der Waals surface area contributed by atoms with Crippen molar-refractivity contribution in [2.45, 2.75) is 36.2 Å². The first kappa shape index (κ1) is 23.6. The van der Waals surface area contributed by atoms with E-state index in [1.165, 1.54) is 32.4 Å². The highest BCUT2D eigenvalue weighted by molar-refractivity contribution is 7.89. The van der Waals surface area contributed by atoms with Gasteiger partial charge >= 0.3 is 5.97 Å². The van der Waals surface area contributed by atoms with Crippen LogP contribution in [0.4, 0.5) is 0 Å². The van der Waals surface area contributed by atoms with E-state index >= 15 is 0 Å². The highest BCUT2D eigenvalue weighted by atomic mass is 32.2. The van der Waals surface area contributed by atoms with E-state index in [0.29, 0.717) is 18.6 Å². The SMILES string of the molecule is COc1ccc(S(=O)(=O)N2CCCC2C(=O)NC(Cc2ccccc2)C(=O)O)cc1OC. The monoisotopic (exact) mass is 462 g/mol. The van der Waals surface area contributed by atoms with Gasteiger partial charge in [-0.3, -0.25) is 4.79 Å². The number of benzene rings is 2. The quantitative estimate of drug-likeness (QED) is 0.581. The van der Waals surface area contributed by atoms with E-state index < -0.39 is 34.0 Å². The van der Waals surface area contributed by atoms with Crippen LogP contribution in [0.3, 0.4) is 0 Å². The Kier molecular flexibility index (Phi) is 7.37. The zero-order chi connectivity index (χ0) is 23.3. The first-order valence-corrected chi connectivity index (χ1v) is 11.5. The molecule has 0 saturated carbocycles. The van der Waals surface area contributed by atoms with Gasteiger partial charge in [0.15, 0.2) is 11.5 Å². The summed E-state index contributed by atoms with van der Waals surface area (Å²) in [7, 11) is -1.17. The number of methoxy groups -OCH3 is 2. The Labute approximate surface area is 187 Å². The van der Waals surface area contributed by atoms with E-state index in [2.05, 4.69) is 5.32 Å². The fraction of sp³-hybridized carbons (Fsp3) is 0.364. The molecule has 172 valence electrons. The third-order valence-electron chi connectivity index (χ3n) is 5.37. The normalized spacial score (nSPS) is 17.5. The molecular weight excluding hydrogens is 436 g/mol. The summed E-state index contributed by atoms with van der Waals surface area (Å²) < 4.78 is 38.0. The van der Waals surface area contributed by atoms with E-state index in [1.54, 1.807) is 24.3 Å². The Morgan fingerprint density at radius 3 is 2.44 bits per heavy atom. The van der Waals surface area contributed by atoms with E-state index in [1.807, 2.05) is 6.07 Å². The Balaban J connectivity index is 1.80. The summed E-state index contributed by atoms with van der Waals surface area (Å²) in [6, 6.07) is 11.0. The van der Waals surface area contributed by atoms with E-state index in [-0.39, 0.29) is 23.6 Å². The third-order valence-corrected chi connectivity index (χ3v) is 7.27. The van der Waals surface area contributed by atoms with Gasteiger partial charge in [-0.2, -0.15) is 4.31 Å². The molecule has 32 heavy (non-hydrogen) atoms. The second kappa shape index (κ2) is 10.0. The minimum absolute atomic E-state index is 0.0334. The molecule has 1 fully saturated rings. The lowest BCUT2D eigenvalue weighted by Crippen LogP contribution is -2.51. The van der Waals surface area contributed by atoms with Crippen molar-refractivity contribution >= 4 is 21.9 Å². The van der Waals surface area contributed by atoms with Crippen LogP contribution in [0, 0.1) is 0 Å². The number of nitrogens with one attached hydrogen (secondary N) is 1. The fourth-order valence-corrected chi connectivity index (χ4v) is 5.39. The largest absolute Gasteiger partial charge is 0.493 e. The molecule has 1 saturated heterocycles. The van der Waals surface area contributed by atoms with Crippen LogP contribution >= 0.6 is 0 Å². The van der Waals surface area contributed by atoms with E-state index in [9.17, 15) is 23.1 Å². The minimum atomic E-state index is -4.02. The summed E-state index contributed by atoms with van der Waals surface area (Å²) in [6.45, 7) is 0.158. The van der Waals surface area contributed by atoms with Crippen molar-refractivity contribution < 1.29 is 32.6 Å². The number of hydrogen-bond acceptors (Lipinski definition) is 6. The molecular formula is C22H26N2O7S. The van der Waals surface area contributed by atoms with Crippen molar-refractivity contribution in [2.75, 3.05) is 20.8 Å². The highest BCUT2D eigenvalue weighted by Crippen LogP contribution is 2.33. The van der Waals surface area contributed by atoms with Crippen molar-refractivity contribution in [2.24, 2.45) is 0 Å². The standard InChI is InChI=1S/C22H26N2O7S/c1-30-19-11-10-16(14-20(19)31-2)32(28,29)24-12-6-9-18(24)21(25)23-17(22(26)27)13-15-7-4-3-5-8-15/h3-5,7-8,10-11,14,17-18H,6,9,12-13H2,1-2H3,(H,23,25)(H,26,27). The van der Waals surface area contributed by atoms with Gasteiger partial charge in [-0.15, -0.1) is 0 Å². The zero-order valence-electron chi connectivity index (χ0n) is 17.9. The van der Waals surface area contributed by atoms with E-state index in [0.717, 1.165) is 9.87 Å². The molecule has 3 rings (SSSR count). The Morgan fingerprint density at radius 2 is 1.81 bits per heavy atom. The average molecular weight is 463 g/mol. The van der Waals surface area contributed by atoms with Gasteiger partial charge in [0.2, 0.25) is 15.9 Å². The molecule has 2 unspecified atom stereocenters. The van der Waals surface area contributed by atoms with Gasteiger partial charge in [0.25, 0.3) is 0 Å². The maximum atomic E-state index is 13.3. The van der Waals surface area contributed by atoms with Crippen LogP contribution in [0.5, 0.6) is 11.5 Å². The molecule has 10 heteroatoms. The number of rotatable bonds is 9. The lowest BCUT2D eigenvalue weighted by Gasteiger charge is -2.25. The molecule has 0 bridgehead atoms. The van der Waals surface area contributed by atoms with Crippen molar-refractivity contribution in [3.8, 4) is 11.5 Å². The van der Waals surface area contributed by atoms with Crippen LogP contribution in [0.25, 0.3) is 0 Å².